The van der Waals surface area contributed by atoms with Gasteiger partial charge in [-0.1, -0.05) is 11.8 Å². The van der Waals surface area contributed by atoms with Crippen LogP contribution in [0, 0.1) is 10.1 Å². The van der Waals surface area contributed by atoms with Gasteiger partial charge >= 0.3 is 6.18 Å². The molecule has 30 heavy (non-hydrogen) atoms. The Morgan fingerprint density at radius 1 is 1.20 bits per heavy atom. The summed E-state index contributed by atoms with van der Waals surface area (Å²) < 4.78 is 40.1. The number of carbonyl (C=O) groups is 1. The number of imidazole rings is 1. The van der Waals surface area contributed by atoms with Gasteiger partial charge in [0.05, 0.1) is 10.5 Å². The summed E-state index contributed by atoms with van der Waals surface area (Å²) in [5, 5.41) is 11.9. The average molecular weight is 437 g/mol. The smallest absolute Gasteiger partial charge is 0.295 e. The number of thioether (sulfide) groups is 1. The molecule has 1 amide bonds. The molecule has 0 bridgehead atoms. The van der Waals surface area contributed by atoms with E-state index in [1.54, 1.807) is 24.5 Å². The van der Waals surface area contributed by atoms with Crippen molar-refractivity contribution in [3.05, 3.63) is 76.1 Å². The van der Waals surface area contributed by atoms with Gasteiger partial charge in [0, 0.05) is 29.7 Å². The minimum atomic E-state index is -4.72. The molecule has 0 spiro atoms. The summed E-state index contributed by atoms with van der Waals surface area (Å²) in [6, 6.07) is 8.43. The van der Waals surface area contributed by atoms with Gasteiger partial charge in [0.15, 0.2) is 5.16 Å². The number of benzene rings is 2. The first-order valence-corrected chi connectivity index (χ1v) is 9.53. The molecule has 0 aliphatic heterocycles. The first-order chi connectivity index (χ1) is 14.2. The van der Waals surface area contributed by atoms with Gasteiger partial charge in [0.1, 0.15) is 5.69 Å². The normalized spacial score (nSPS) is 11.2. The molecule has 3 rings (SSSR count). The highest BCUT2D eigenvalue weighted by Crippen LogP contribution is 2.34. The third-order valence-corrected chi connectivity index (χ3v) is 4.70. The quantitative estimate of drug-likeness (QED) is 0.339. The number of nitrogens with one attached hydrogen (secondary N) is 2. The van der Waals surface area contributed by atoms with Crippen LogP contribution in [0.5, 0.6) is 0 Å². The molecule has 2 N–H and O–H groups in total. The first kappa shape index (κ1) is 21.2. The van der Waals surface area contributed by atoms with E-state index in [0.29, 0.717) is 12.1 Å². The van der Waals surface area contributed by atoms with Crippen LogP contribution in [0.1, 0.15) is 15.9 Å². The molecule has 156 valence electrons. The van der Waals surface area contributed by atoms with Gasteiger partial charge in [-0.2, -0.15) is 13.2 Å². The van der Waals surface area contributed by atoms with Crippen molar-refractivity contribution in [1.29, 1.82) is 0 Å². The van der Waals surface area contributed by atoms with Crippen LogP contribution in [-0.4, -0.2) is 26.6 Å². The molecule has 8 nitrogen and oxygen atoms in total. The average Bonchev–Trinajstić information content (AvgIpc) is 3.20. The molecule has 0 radical (unpaired) electrons. The summed E-state index contributed by atoms with van der Waals surface area (Å²) in [5.41, 5.74) is 3.32. The van der Waals surface area contributed by atoms with Gasteiger partial charge in [-0.25, -0.2) is 4.98 Å². The van der Waals surface area contributed by atoms with E-state index in [-0.39, 0.29) is 11.3 Å². The number of hydrogen-bond donors (Lipinski definition) is 2. The fraction of sp³-hybridized carbons (Fsp3) is 0.111. The topological polar surface area (TPSA) is 102 Å². The van der Waals surface area contributed by atoms with Crippen LogP contribution >= 0.6 is 11.8 Å². The Kier molecular flexibility index (Phi) is 5.96. The van der Waals surface area contributed by atoms with E-state index in [1.807, 2.05) is 10.8 Å². The van der Waals surface area contributed by atoms with E-state index < -0.39 is 28.3 Å². The van der Waals surface area contributed by atoms with E-state index in [1.165, 1.54) is 23.9 Å². The molecule has 3 aromatic rings. The number of halogens is 3. The molecular weight excluding hydrogens is 423 g/mol. The fourth-order valence-electron chi connectivity index (χ4n) is 2.57. The van der Waals surface area contributed by atoms with Crippen LogP contribution < -0.4 is 10.9 Å². The van der Waals surface area contributed by atoms with E-state index in [0.717, 1.165) is 16.9 Å². The summed E-state index contributed by atoms with van der Waals surface area (Å²) >= 11 is 1.46. The van der Waals surface area contributed by atoms with Gasteiger partial charge in [-0.3, -0.25) is 30.3 Å². The van der Waals surface area contributed by atoms with Crippen LogP contribution in [0.2, 0.25) is 0 Å². The molecule has 2 aromatic carbocycles. The lowest BCUT2D eigenvalue weighted by atomic mass is 10.1. The van der Waals surface area contributed by atoms with Crippen LogP contribution in [0.15, 0.2) is 60.0 Å². The number of nitrogens with zero attached hydrogens (tertiary/aromatic N) is 3. The third kappa shape index (κ3) is 4.54. The van der Waals surface area contributed by atoms with E-state index >= 15 is 0 Å². The lowest BCUT2D eigenvalue weighted by Gasteiger charge is -2.12. The number of hydrazine groups is 1. The van der Waals surface area contributed by atoms with E-state index in [2.05, 4.69) is 15.8 Å². The maximum atomic E-state index is 12.8. The van der Waals surface area contributed by atoms with Crippen molar-refractivity contribution in [3.63, 3.8) is 0 Å². The number of nitro groups is 1. The van der Waals surface area contributed by atoms with E-state index in [9.17, 15) is 28.1 Å². The number of carbonyl (C=O) groups excluding carboxylic acids is 1. The maximum Gasteiger partial charge on any atom is 0.416 e. The number of hydrogen-bond acceptors (Lipinski definition) is 6. The van der Waals surface area contributed by atoms with E-state index in [4.69, 9.17) is 0 Å². The predicted molar refractivity (Wildman–Crippen MR) is 105 cm³/mol. The second-order valence-corrected chi connectivity index (χ2v) is 6.67. The standard InChI is InChI=1S/C18H14F3N5O3S/c1-30-17-22-8-9-25(17)13-5-2-11(3-6-13)16(27)24-23-14-7-4-12(18(19,20)21)10-15(14)26(28)29/h2-10,23H,1H3,(H,24,27). The van der Waals surface area contributed by atoms with Gasteiger partial charge in [0.25, 0.3) is 11.6 Å². The Morgan fingerprint density at radius 2 is 1.90 bits per heavy atom. The van der Waals surface area contributed by atoms with Crippen molar-refractivity contribution in [2.45, 2.75) is 11.3 Å². The Bertz CT molecular complexity index is 1080. The zero-order valence-corrected chi connectivity index (χ0v) is 16.1. The fourth-order valence-corrected chi connectivity index (χ4v) is 3.10. The van der Waals surface area contributed by atoms with Gasteiger partial charge < -0.3 is 0 Å². The molecular formula is C18H14F3N5O3S. The largest absolute Gasteiger partial charge is 0.416 e. The van der Waals surface area contributed by atoms with Gasteiger partial charge in [-0.15, -0.1) is 0 Å². The molecule has 1 aromatic heterocycles. The number of anilines is 1. The zero-order valence-electron chi connectivity index (χ0n) is 15.3. The molecule has 1 heterocycles. The summed E-state index contributed by atoms with van der Waals surface area (Å²) in [6.45, 7) is 0. The number of rotatable bonds is 6. The molecule has 0 saturated heterocycles. The van der Waals surface area contributed by atoms with Crippen molar-refractivity contribution in [3.8, 4) is 5.69 Å². The summed E-state index contributed by atoms with van der Waals surface area (Å²) in [5.74, 6) is -0.619. The minimum Gasteiger partial charge on any atom is -0.295 e. The highest BCUT2D eigenvalue weighted by molar-refractivity contribution is 7.98. The summed E-state index contributed by atoms with van der Waals surface area (Å²) in [6.07, 6.45) is 0.575. The molecule has 0 aliphatic carbocycles. The van der Waals surface area contributed by atoms with Crippen LogP contribution in [0.25, 0.3) is 5.69 Å². The Morgan fingerprint density at radius 3 is 2.50 bits per heavy atom. The second kappa shape index (κ2) is 8.45. The number of aromatic nitrogens is 2. The lowest BCUT2D eigenvalue weighted by molar-refractivity contribution is -0.384. The molecule has 12 heteroatoms. The zero-order chi connectivity index (χ0) is 21.9. The van der Waals surface area contributed by atoms with Crippen molar-refractivity contribution in [2.24, 2.45) is 0 Å². The van der Waals surface area contributed by atoms with Crippen LogP contribution in [-0.2, 0) is 6.18 Å². The Balaban J connectivity index is 1.73. The van der Waals surface area contributed by atoms with Gasteiger partial charge in [-0.05, 0) is 42.7 Å². The Labute approximate surface area is 172 Å². The Hall–Kier alpha value is -3.54. The van der Waals surface area contributed by atoms with Crippen LogP contribution in [0.3, 0.4) is 0 Å². The number of amides is 1. The number of alkyl halides is 3. The lowest BCUT2D eigenvalue weighted by Crippen LogP contribution is -2.29. The van der Waals surface area contributed by atoms with Gasteiger partial charge in [0.2, 0.25) is 0 Å². The highest BCUT2D eigenvalue weighted by atomic mass is 32.2. The third-order valence-electron chi connectivity index (χ3n) is 4.03. The summed E-state index contributed by atoms with van der Waals surface area (Å²) in [4.78, 5) is 26.6. The molecule has 0 unspecified atom stereocenters. The minimum absolute atomic E-state index is 0.242. The SMILES string of the molecule is CSc1nccn1-c1ccc(C(=O)NNc2ccc(C(F)(F)F)cc2[N+](=O)[O-])cc1. The maximum absolute atomic E-state index is 12.8. The van der Waals surface area contributed by atoms with Crippen LogP contribution in [0.4, 0.5) is 24.5 Å². The molecule has 0 fully saturated rings. The van der Waals surface area contributed by atoms with Crippen molar-refractivity contribution >= 4 is 29.0 Å². The highest BCUT2D eigenvalue weighted by Gasteiger charge is 2.33. The summed E-state index contributed by atoms with van der Waals surface area (Å²) in [7, 11) is 0. The number of nitro benzene ring substituents is 1. The predicted octanol–water partition coefficient (Wildman–Crippen LogP) is 4.28. The molecule has 0 aliphatic rings. The molecule has 0 atom stereocenters. The van der Waals surface area contributed by atoms with Crippen molar-refractivity contribution in [2.75, 3.05) is 11.7 Å². The van der Waals surface area contributed by atoms with Crippen molar-refractivity contribution < 1.29 is 22.9 Å². The second-order valence-electron chi connectivity index (χ2n) is 5.90. The first-order valence-electron chi connectivity index (χ1n) is 8.30. The molecule has 0 saturated carbocycles. The van der Waals surface area contributed by atoms with Crippen molar-refractivity contribution in [1.82, 2.24) is 15.0 Å². The monoisotopic (exact) mass is 437 g/mol.